The Hall–Kier alpha value is -2.48. The molecule has 2 atom stereocenters. The lowest BCUT2D eigenvalue weighted by Gasteiger charge is -2.38. The third-order valence-electron chi connectivity index (χ3n) is 9.08. The summed E-state index contributed by atoms with van der Waals surface area (Å²) in [5.74, 6) is 2.10. The van der Waals surface area contributed by atoms with Gasteiger partial charge in [0.15, 0.2) is 0 Å². The van der Waals surface area contributed by atoms with Crippen LogP contribution in [0.15, 0.2) is 47.7 Å². The first-order valence-electron chi connectivity index (χ1n) is 17.1. The molecule has 0 saturated heterocycles. The highest BCUT2D eigenvalue weighted by atomic mass is 16.5. The summed E-state index contributed by atoms with van der Waals surface area (Å²) < 4.78 is 31.2. The van der Waals surface area contributed by atoms with E-state index in [1.807, 2.05) is 24.3 Å². The maximum absolute atomic E-state index is 11.0. The first-order chi connectivity index (χ1) is 21.7. The van der Waals surface area contributed by atoms with E-state index in [1.165, 1.54) is 0 Å². The minimum atomic E-state index is -0.142. The van der Waals surface area contributed by atoms with Crippen LogP contribution in [0.2, 0.25) is 0 Å². The van der Waals surface area contributed by atoms with Crippen LogP contribution in [0.3, 0.4) is 0 Å². The van der Waals surface area contributed by atoms with Gasteiger partial charge in [0.05, 0.1) is 58.6 Å². The topological polar surface area (TPSA) is 80.3 Å². The van der Waals surface area contributed by atoms with Gasteiger partial charge < -0.3 is 23.7 Å². The number of hydrogen-bond acceptors (Lipinski definition) is 7. The summed E-state index contributed by atoms with van der Waals surface area (Å²) in [5.41, 5.74) is 0.963. The second-order valence-corrected chi connectivity index (χ2v) is 15.5. The Bertz CT molecular complexity index is 1120. The van der Waals surface area contributed by atoms with Gasteiger partial charge in [-0.25, -0.2) is 0 Å². The van der Waals surface area contributed by atoms with Crippen LogP contribution in [-0.4, -0.2) is 65.4 Å². The minimum Gasteiger partial charge on any atom is -0.497 e. The highest BCUT2D eigenvalue weighted by Gasteiger charge is 2.36. The molecule has 0 bridgehead atoms. The van der Waals surface area contributed by atoms with Gasteiger partial charge in [-0.1, -0.05) is 74.8 Å². The quantitative estimate of drug-likeness (QED) is 0.104. The lowest BCUT2D eigenvalue weighted by molar-refractivity contribution is -0.105. The summed E-state index contributed by atoms with van der Waals surface area (Å²) in [6.45, 7) is 24.5. The largest absolute Gasteiger partial charge is 0.497 e. The molecule has 0 aromatic heterocycles. The van der Waals surface area contributed by atoms with Gasteiger partial charge in [-0.05, 0) is 61.1 Å². The predicted octanol–water partition coefficient (Wildman–Crippen LogP) is 8.66. The molecular weight excluding hydrogens is 580 g/mol. The highest BCUT2D eigenvalue weighted by Crippen LogP contribution is 2.36. The van der Waals surface area contributed by atoms with Gasteiger partial charge in [0.25, 0.3) is 0 Å². The first kappa shape index (κ1) is 39.7. The van der Waals surface area contributed by atoms with Crippen LogP contribution < -0.4 is 4.74 Å². The number of ether oxygens (including phenoxy) is 5. The SMILES string of the molecule is CCCC(COCC(C)(C)COCC(C)(C)COCC(C)(CC)COc1ccc(C=O)cc1)(COC1=CC=C(C=O)CC1)C(C)C. The number of aldehydes is 2. The van der Waals surface area contributed by atoms with Crippen molar-refractivity contribution >= 4 is 12.6 Å². The van der Waals surface area contributed by atoms with Crippen LogP contribution in [0.4, 0.5) is 0 Å². The molecule has 0 amide bonds. The molecule has 7 nitrogen and oxygen atoms in total. The predicted molar refractivity (Wildman–Crippen MR) is 185 cm³/mol. The fraction of sp³-hybridized carbons (Fsp3) is 0.692. The van der Waals surface area contributed by atoms with Gasteiger partial charge in [0.1, 0.15) is 18.3 Å². The molecule has 1 aliphatic carbocycles. The molecule has 0 fully saturated rings. The fourth-order valence-corrected chi connectivity index (χ4v) is 5.33. The molecule has 0 aliphatic heterocycles. The van der Waals surface area contributed by atoms with E-state index < -0.39 is 0 Å². The van der Waals surface area contributed by atoms with E-state index >= 15 is 0 Å². The number of benzene rings is 1. The van der Waals surface area contributed by atoms with Crippen molar-refractivity contribution in [2.45, 2.75) is 94.4 Å². The standard InChI is InChI=1S/C39H62O7/c1-10-20-39(31(3)4,30-46-35-18-14-33(22-41)15-19-35)29-44-26-37(7,8)24-42-23-36(5,6)25-43-27-38(9,11-2)28-45-34-16-12-32(21-40)13-17-34/h12-14,16-18,21-22,31H,10-11,15,19-20,23-30H2,1-9H3. The van der Waals surface area contributed by atoms with Gasteiger partial charge >= 0.3 is 0 Å². The summed E-state index contributed by atoms with van der Waals surface area (Å²) >= 11 is 0. The van der Waals surface area contributed by atoms with Crippen molar-refractivity contribution in [3.63, 3.8) is 0 Å². The molecule has 0 heterocycles. The van der Waals surface area contributed by atoms with Gasteiger partial charge in [-0.15, -0.1) is 0 Å². The van der Waals surface area contributed by atoms with Crippen molar-refractivity contribution in [3.05, 3.63) is 53.3 Å². The Labute approximate surface area is 279 Å². The highest BCUT2D eigenvalue weighted by molar-refractivity contribution is 5.75. The van der Waals surface area contributed by atoms with Gasteiger partial charge in [0.2, 0.25) is 0 Å². The zero-order valence-electron chi connectivity index (χ0n) is 30.2. The van der Waals surface area contributed by atoms with Crippen molar-refractivity contribution in [1.82, 2.24) is 0 Å². The van der Waals surface area contributed by atoms with Crippen LogP contribution >= 0.6 is 0 Å². The smallest absolute Gasteiger partial charge is 0.150 e. The van der Waals surface area contributed by atoms with Crippen LogP contribution in [0.25, 0.3) is 0 Å². The van der Waals surface area contributed by atoms with E-state index in [4.69, 9.17) is 23.7 Å². The number of carbonyl (C=O) groups is 2. The third-order valence-corrected chi connectivity index (χ3v) is 9.08. The van der Waals surface area contributed by atoms with E-state index in [0.29, 0.717) is 64.3 Å². The first-order valence-corrected chi connectivity index (χ1v) is 17.1. The normalized spacial score (nSPS) is 16.7. The molecule has 2 unspecified atom stereocenters. The Balaban J connectivity index is 1.79. The Morgan fingerprint density at radius 3 is 1.76 bits per heavy atom. The van der Waals surface area contributed by atoms with E-state index in [0.717, 1.165) is 61.8 Å². The second-order valence-electron chi connectivity index (χ2n) is 15.5. The van der Waals surface area contributed by atoms with E-state index in [9.17, 15) is 9.59 Å². The van der Waals surface area contributed by atoms with E-state index in [1.54, 1.807) is 12.1 Å². The Morgan fingerprint density at radius 1 is 0.696 bits per heavy atom. The minimum absolute atomic E-state index is 0.0838. The summed E-state index contributed by atoms with van der Waals surface area (Å²) in [6, 6.07) is 7.19. The van der Waals surface area contributed by atoms with Crippen molar-refractivity contribution in [2.24, 2.45) is 27.6 Å². The van der Waals surface area contributed by atoms with Gasteiger partial charge in [0, 0.05) is 33.6 Å². The average molecular weight is 643 g/mol. The van der Waals surface area contributed by atoms with Crippen molar-refractivity contribution in [3.8, 4) is 5.75 Å². The average Bonchev–Trinajstić information content (AvgIpc) is 3.02. The number of hydrogen-bond donors (Lipinski definition) is 0. The lowest BCUT2D eigenvalue weighted by atomic mass is 9.75. The van der Waals surface area contributed by atoms with Crippen molar-refractivity contribution in [2.75, 3.05) is 52.9 Å². The molecule has 0 N–H and O–H groups in total. The molecule has 1 aliphatic rings. The summed E-state index contributed by atoms with van der Waals surface area (Å²) in [5, 5.41) is 0. The summed E-state index contributed by atoms with van der Waals surface area (Å²) in [4.78, 5) is 22.0. The van der Waals surface area contributed by atoms with E-state index in [-0.39, 0.29) is 21.7 Å². The summed E-state index contributed by atoms with van der Waals surface area (Å²) in [7, 11) is 0. The molecular formula is C39H62O7. The van der Waals surface area contributed by atoms with Crippen LogP contribution in [-0.2, 0) is 23.7 Å². The maximum atomic E-state index is 11.0. The monoisotopic (exact) mass is 642 g/mol. The zero-order valence-corrected chi connectivity index (χ0v) is 30.2. The summed E-state index contributed by atoms with van der Waals surface area (Å²) in [6.07, 6.45) is 10.1. The van der Waals surface area contributed by atoms with E-state index in [2.05, 4.69) is 62.3 Å². The molecule has 1 aromatic rings. The molecule has 0 spiro atoms. The third kappa shape index (κ3) is 13.7. The van der Waals surface area contributed by atoms with Crippen molar-refractivity contribution in [1.29, 1.82) is 0 Å². The Kier molecular flexibility index (Phi) is 16.2. The molecule has 7 heteroatoms. The van der Waals surface area contributed by atoms with Crippen LogP contribution in [0.5, 0.6) is 5.75 Å². The molecule has 260 valence electrons. The molecule has 0 saturated carbocycles. The molecule has 0 radical (unpaired) electrons. The zero-order chi connectivity index (χ0) is 34.3. The molecule has 2 rings (SSSR count). The number of carbonyl (C=O) groups excluding carboxylic acids is 2. The molecule has 46 heavy (non-hydrogen) atoms. The Morgan fingerprint density at radius 2 is 1.28 bits per heavy atom. The van der Waals surface area contributed by atoms with Crippen LogP contribution in [0.1, 0.15) is 105 Å². The van der Waals surface area contributed by atoms with Gasteiger partial charge in [-0.3, -0.25) is 9.59 Å². The fourth-order valence-electron chi connectivity index (χ4n) is 5.33. The lowest BCUT2D eigenvalue weighted by Crippen LogP contribution is -2.39. The molecule has 1 aromatic carbocycles. The number of allylic oxidation sites excluding steroid dienone is 4. The maximum Gasteiger partial charge on any atom is 0.150 e. The second kappa shape index (κ2) is 18.8. The number of rotatable bonds is 24. The van der Waals surface area contributed by atoms with Crippen LogP contribution in [0, 0.1) is 27.6 Å². The van der Waals surface area contributed by atoms with Crippen molar-refractivity contribution < 1.29 is 33.3 Å². The van der Waals surface area contributed by atoms with Gasteiger partial charge in [-0.2, -0.15) is 0 Å².